The first kappa shape index (κ1) is 14.9. The van der Waals surface area contributed by atoms with Crippen LogP contribution < -0.4 is 9.64 Å². The van der Waals surface area contributed by atoms with Crippen LogP contribution in [0, 0.1) is 0 Å². The number of methoxy groups -OCH3 is 1. The van der Waals surface area contributed by atoms with Gasteiger partial charge in [0.25, 0.3) is 0 Å². The molecule has 1 N–H and O–H groups in total. The summed E-state index contributed by atoms with van der Waals surface area (Å²) in [5.41, 5.74) is 2.88. The Morgan fingerprint density at radius 2 is 1.85 bits per heavy atom. The molecule has 0 heterocycles. The molecule has 20 heavy (non-hydrogen) atoms. The van der Waals surface area contributed by atoms with Gasteiger partial charge in [0.2, 0.25) is 0 Å². The molecule has 0 aliphatic rings. The van der Waals surface area contributed by atoms with E-state index >= 15 is 0 Å². The summed E-state index contributed by atoms with van der Waals surface area (Å²) in [4.78, 5) is 2.05. The van der Waals surface area contributed by atoms with Crippen molar-refractivity contribution in [2.24, 2.45) is 0 Å². The fourth-order valence-electron chi connectivity index (χ4n) is 2.09. The SMILES string of the molecule is COc1ccccc1N(C)c1ccc(C(C)O)cc1Br. The van der Waals surface area contributed by atoms with Crippen molar-refractivity contribution in [3.05, 3.63) is 52.5 Å². The molecule has 0 aromatic heterocycles. The first-order chi connectivity index (χ1) is 9.54. The molecule has 0 amide bonds. The highest BCUT2D eigenvalue weighted by atomic mass is 79.9. The Balaban J connectivity index is 2.40. The number of ether oxygens (including phenoxy) is 1. The zero-order valence-electron chi connectivity index (χ0n) is 11.8. The molecule has 0 bridgehead atoms. The van der Waals surface area contributed by atoms with Crippen LogP contribution in [0.2, 0.25) is 0 Å². The number of halogens is 1. The largest absolute Gasteiger partial charge is 0.495 e. The van der Waals surface area contributed by atoms with Gasteiger partial charge < -0.3 is 14.7 Å². The second kappa shape index (κ2) is 6.29. The molecular formula is C16H18BrNO2. The van der Waals surface area contributed by atoms with Crippen molar-refractivity contribution in [3.63, 3.8) is 0 Å². The molecule has 106 valence electrons. The summed E-state index contributed by atoms with van der Waals surface area (Å²) in [6, 6.07) is 13.7. The molecule has 4 heteroatoms. The third-order valence-corrected chi connectivity index (χ3v) is 3.90. The Morgan fingerprint density at radius 1 is 1.15 bits per heavy atom. The van der Waals surface area contributed by atoms with Gasteiger partial charge in [0.05, 0.1) is 24.6 Å². The second-order valence-corrected chi connectivity index (χ2v) is 5.47. The van der Waals surface area contributed by atoms with Crippen LogP contribution in [-0.4, -0.2) is 19.3 Å². The lowest BCUT2D eigenvalue weighted by Crippen LogP contribution is -2.11. The van der Waals surface area contributed by atoms with E-state index in [0.717, 1.165) is 27.2 Å². The van der Waals surface area contributed by atoms with E-state index in [1.54, 1.807) is 14.0 Å². The van der Waals surface area contributed by atoms with Gasteiger partial charge in [-0.05, 0) is 52.7 Å². The highest BCUT2D eigenvalue weighted by Gasteiger charge is 2.13. The Morgan fingerprint density at radius 3 is 2.45 bits per heavy atom. The van der Waals surface area contributed by atoms with Crippen LogP contribution in [0.5, 0.6) is 5.75 Å². The topological polar surface area (TPSA) is 32.7 Å². The van der Waals surface area contributed by atoms with Crippen molar-refractivity contribution < 1.29 is 9.84 Å². The smallest absolute Gasteiger partial charge is 0.142 e. The van der Waals surface area contributed by atoms with Crippen molar-refractivity contribution in [1.82, 2.24) is 0 Å². The average Bonchev–Trinajstić information content (AvgIpc) is 2.46. The van der Waals surface area contributed by atoms with Crippen molar-refractivity contribution in [1.29, 1.82) is 0 Å². The van der Waals surface area contributed by atoms with E-state index in [2.05, 4.69) is 20.8 Å². The third kappa shape index (κ3) is 2.97. The van der Waals surface area contributed by atoms with Crippen LogP contribution in [0.1, 0.15) is 18.6 Å². The van der Waals surface area contributed by atoms with Gasteiger partial charge in [0.15, 0.2) is 0 Å². The standard InChI is InChI=1S/C16H18BrNO2/c1-11(19)12-8-9-14(13(17)10-12)18(2)15-6-4-5-7-16(15)20-3/h4-11,19H,1-3H3. The maximum atomic E-state index is 9.62. The third-order valence-electron chi connectivity index (χ3n) is 3.26. The number of rotatable bonds is 4. The van der Waals surface area contributed by atoms with Gasteiger partial charge in [0, 0.05) is 11.5 Å². The van der Waals surface area contributed by atoms with Gasteiger partial charge in [0.1, 0.15) is 5.75 Å². The average molecular weight is 336 g/mol. The molecule has 1 atom stereocenters. The van der Waals surface area contributed by atoms with Crippen LogP contribution in [0.4, 0.5) is 11.4 Å². The minimum atomic E-state index is -0.475. The van der Waals surface area contributed by atoms with Gasteiger partial charge in [-0.3, -0.25) is 0 Å². The molecule has 2 aromatic rings. The Labute approximate surface area is 127 Å². The first-order valence-electron chi connectivity index (χ1n) is 6.39. The van der Waals surface area contributed by atoms with Crippen LogP contribution in [0.25, 0.3) is 0 Å². The minimum absolute atomic E-state index is 0.475. The minimum Gasteiger partial charge on any atom is -0.495 e. The maximum absolute atomic E-state index is 9.62. The fourth-order valence-corrected chi connectivity index (χ4v) is 2.75. The number of hydrogen-bond acceptors (Lipinski definition) is 3. The van der Waals surface area contributed by atoms with E-state index in [9.17, 15) is 5.11 Å². The lowest BCUT2D eigenvalue weighted by Gasteiger charge is -2.23. The molecule has 3 nitrogen and oxygen atoms in total. The highest BCUT2D eigenvalue weighted by molar-refractivity contribution is 9.10. The second-order valence-electron chi connectivity index (χ2n) is 4.62. The van der Waals surface area contributed by atoms with E-state index in [1.807, 2.05) is 49.5 Å². The molecule has 0 fully saturated rings. The predicted octanol–water partition coefficient (Wildman–Crippen LogP) is 4.28. The summed E-state index contributed by atoms with van der Waals surface area (Å²) in [5.74, 6) is 0.821. The maximum Gasteiger partial charge on any atom is 0.142 e. The van der Waals surface area contributed by atoms with Crippen LogP contribution in [0.3, 0.4) is 0 Å². The number of aliphatic hydroxyl groups is 1. The summed E-state index contributed by atoms with van der Waals surface area (Å²) in [5, 5.41) is 9.62. The van der Waals surface area contributed by atoms with E-state index in [4.69, 9.17) is 4.74 Å². The highest BCUT2D eigenvalue weighted by Crippen LogP contribution is 2.36. The Hall–Kier alpha value is -1.52. The lowest BCUT2D eigenvalue weighted by atomic mass is 10.1. The van der Waals surface area contributed by atoms with Crippen molar-refractivity contribution in [2.75, 3.05) is 19.1 Å². The molecule has 0 aliphatic heterocycles. The number of hydrogen-bond donors (Lipinski definition) is 1. The lowest BCUT2D eigenvalue weighted by molar-refractivity contribution is 0.199. The van der Waals surface area contributed by atoms with Crippen molar-refractivity contribution in [2.45, 2.75) is 13.0 Å². The summed E-state index contributed by atoms with van der Waals surface area (Å²) < 4.78 is 6.33. The van der Waals surface area contributed by atoms with Gasteiger partial charge in [-0.15, -0.1) is 0 Å². The summed E-state index contributed by atoms with van der Waals surface area (Å²) in [6.07, 6.45) is -0.475. The Bertz CT molecular complexity index is 599. The van der Waals surface area contributed by atoms with Crippen LogP contribution >= 0.6 is 15.9 Å². The zero-order valence-corrected chi connectivity index (χ0v) is 13.4. The molecule has 2 rings (SSSR count). The van der Waals surface area contributed by atoms with Gasteiger partial charge in [-0.2, -0.15) is 0 Å². The van der Waals surface area contributed by atoms with E-state index in [1.165, 1.54) is 0 Å². The van der Waals surface area contributed by atoms with Crippen molar-refractivity contribution >= 4 is 27.3 Å². The van der Waals surface area contributed by atoms with Crippen LogP contribution in [0.15, 0.2) is 46.9 Å². The van der Waals surface area contributed by atoms with Crippen molar-refractivity contribution in [3.8, 4) is 5.75 Å². The quantitative estimate of drug-likeness (QED) is 0.905. The van der Waals surface area contributed by atoms with Gasteiger partial charge >= 0.3 is 0 Å². The number of para-hydroxylation sites is 2. The molecule has 1 unspecified atom stereocenters. The molecule has 0 spiro atoms. The number of benzene rings is 2. The number of aliphatic hydroxyl groups excluding tert-OH is 1. The number of nitrogens with zero attached hydrogens (tertiary/aromatic N) is 1. The molecule has 0 aliphatic carbocycles. The predicted molar refractivity (Wildman–Crippen MR) is 85.8 cm³/mol. The monoisotopic (exact) mass is 335 g/mol. The number of anilines is 2. The molecule has 2 aromatic carbocycles. The zero-order chi connectivity index (χ0) is 14.7. The Kier molecular flexibility index (Phi) is 4.68. The summed E-state index contributed by atoms with van der Waals surface area (Å²) in [6.45, 7) is 1.76. The fraction of sp³-hybridized carbons (Fsp3) is 0.250. The van der Waals surface area contributed by atoms with E-state index in [0.29, 0.717) is 0 Å². The molecular weight excluding hydrogens is 318 g/mol. The van der Waals surface area contributed by atoms with Crippen LogP contribution in [-0.2, 0) is 0 Å². The summed E-state index contributed by atoms with van der Waals surface area (Å²) in [7, 11) is 3.65. The van der Waals surface area contributed by atoms with E-state index in [-0.39, 0.29) is 0 Å². The normalized spacial score (nSPS) is 12.1. The van der Waals surface area contributed by atoms with E-state index < -0.39 is 6.10 Å². The molecule has 0 saturated heterocycles. The molecule has 0 saturated carbocycles. The van der Waals surface area contributed by atoms with Gasteiger partial charge in [-0.1, -0.05) is 18.2 Å². The van der Waals surface area contributed by atoms with Gasteiger partial charge in [-0.25, -0.2) is 0 Å². The first-order valence-corrected chi connectivity index (χ1v) is 7.18. The molecule has 0 radical (unpaired) electrons. The summed E-state index contributed by atoms with van der Waals surface area (Å²) >= 11 is 3.57.